The monoisotopic (exact) mass is 438 g/mol. The van der Waals surface area contributed by atoms with Gasteiger partial charge in [-0.15, -0.1) is 11.3 Å². The predicted molar refractivity (Wildman–Crippen MR) is 98.2 cm³/mol. The van der Waals surface area contributed by atoms with Gasteiger partial charge in [-0.1, -0.05) is 27.7 Å². The SMILES string of the molecule is CCN(CC)CCN(CC(C)C)C(=O)c1cc(Br)c(Br)s1. The Morgan fingerprint density at radius 2 is 1.86 bits per heavy atom. The maximum atomic E-state index is 12.7. The zero-order valence-corrected chi connectivity index (χ0v) is 17.1. The second kappa shape index (κ2) is 9.28. The lowest BCUT2D eigenvalue weighted by molar-refractivity contribution is 0.0721. The Bertz CT molecular complexity index is 439. The first-order valence-corrected chi connectivity index (χ1v) is 9.75. The van der Waals surface area contributed by atoms with Gasteiger partial charge in [0, 0.05) is 24.1 Å². The minimum Gasteiger partial charge on any atom is -0.336 e. The predicted octanol–water partition coefficient (Wildman–Crippen LogP) is 4.71. The summed E-state index contributed by atoms with van der Waals surface area (Å²) in [6, 6.07) is 1.90. The molecule has 1 rings (SSSR count). The molecule has 0 radical (unpaired) electrons. The first-order chi connectivity index (χ1) is 9.88. The van der Waals surface area contributed by atoms with Crippen LogP contribution in [0.4, 0.5) is 0 Å². The van der Waals surface area contributed by atoms with Crippen molar-refractivity contribution in [2.24, 2.45) is 5.92 Å². The summed E-state index contributed by atoms with van der Waals surface area (Å²) >= 11 is 8.40. The first-order valence-electron chi connectivity index (χ1n) is 7.35. The molecular formula is C15H24Br2N2OS. The number of likely N-dealkylation sites (N-methyl/N-ethyl adjacent to an activating group) is 1. The number of halogens is 2. The molecule has 0 aliphatic heterocycles. The van der Waals surface area contributed by atoms with E-state index in [2.05, 4.69) is 64.5 Å². The molecule has 1 amide bonds. The molecule has 0 unspecified atom stereocenters. The normalized spacial score (nSPS) is 11.4. The van der Waals surface area contributed by atoms with Crippen LogP contribution in [0.3, 0.4) is 0 Å². The van der Waals surface area contributed by atoms with E-state index in [9.17, 15) is 4.79 Å². The Morgan fingerprint density at radius 3 is 2.29 bits per heavy atom. The van der Waals surface area contributed by atoms with Gasteiger partial charge in [0.2, 0.25) is 0 Å². The highest BCUT2D eigenvalue weighted by molar-refractivity contribution is 9.13. The number of nitrogens with zero attached hydrogens (tertiary/aromatic N) is 2. The zero-order chi connectivity index (χ0) is 16.0. The smallest absolute Gasteiger partial charge is 0.264 e. The average molecular weight is 440 g/mol. The zero-order valence-electron chi connectivity index (χ0n) is 13.2. The van der Waals surface area contributed by atoms with Gasteiger partial charge in [-0.3, -0.25) is 4.79 Å². The van der Waals surface area contributed by atoms with Gasteiger partial charge in [0.1, 0.15) is 0 Å². The van der Waals surface area contributed by atoms with Crippen molar-refractivity contribution in [2.45, 2.75) is 27.7 Å². The highest BCUT2D eigenvalue weighted by Gasteiger charge is 2.20. The van der Waals surface area contributed by atoms with Crippen LogP contribution in [0.1, 0.15) is 37.4 Å². The fourth-order valence-electron chi connectivity index (χ4n) is 2.13. The molecule has 1 aromatic heterocycles. The number of thiophene rings is 1. The van der Waals surface area contributed by atoms with Gasteiger partial charge in [-0.2, -0.15) is 0 Å². The molecule has 1 heterocycles. The van der Waals surface area contributed by atoms with Gasteiger partial charge >= 0.3 is 0 Å². The molecular weight excluding hydrogens is 416 g/mol. The molecule has 0 aliphatic rings. The molecule has 6 heteroatoms. The van der Waals surface area contributed by atoms with Crippen LogP contribution in [0.5, 0.6) is 0 Å². The quantitative estimate of drug-likeness (QED) is 0.585. The Kier molecular flexibility index (Phi) is 8.46. The number of hydrogen-bond donors (Lipinski definition) is 0. The van der Waals surface area contributed by atoms with Crippen LogP contribution in [0.15, 0.2) is 14.3 Å². The number of rotatable bonds is 8. The molecule has 0 spiro atoms. The lowest BCUT2D eigenvalue weighted by atomic mass is 10.2. The minimum absolute atomic E-state index is 0.132. The van der Waals surface area contributed by atoms with E-state index in [-0.39, 0.29) is 5.91 Å². The summed E-state index contributed by atoms with van der Waals surface area (Å²) in [4.78, 5) is 17.8. The van der Waals surface area contributed by atoms with Crippen molar-refractivity contribution in [3.63, 3.8) is 0 Å². The Labute approximate surface area is 149 Å². The van der Waals surface area contributed by atoms with Crippen molar-refractivity contribution in [3.8, 4) is 0 Å². The number of carbonyl (C=O) groups excluding carboxylic acids is 1. The maximum absolute atomic E-state index is 12.7. The second-order valence-corrected chi connectivity index (χ2v) is 8.63. The Morgan fingerprint density at radius 1 is 1.24 bits per heavy atom. The summed E-state index contributed by atoms with van der Waals surface area (Å²) in [6.45, 7) is 13.2. The largest absolute Gasteiger partial charge is 0.336 e. The average Bonchev–Trinajstić information content (AvgIpc) is 2.77. The van der Waals surface area contributed by atoms with E-state index >= 15 is 0 Å². The molecule has 0 aromatic carbocycles. The molecule has 21 heavy (non-hydrogen) atoms. The number of amides is 1. The van der Waals surface area contributed by atoms with Crippen molar-refractivity contribution in [1.29, 1.82) is 0 Å². The van der Waals surface area contributed by atoms with Gasteiger partial charge in [0.25, 0.3) is 5.91 Å². The lowest BCUT2D eigenvalue weighted by Gasteiger charge is -2.27. The summed E-state index contributed by atoms with van der Waals surface area (Å²) in [7, 11) is 0. The summed E-state index contributed by atoms with van der Waals surface area (Å²) < 4.78 is 1.92. The van der Waals surface area contributed by atoms with Crippen molar-refractivity contribution in [1.82, 2.24) is 9.80 Å². The topological polar surface area (TPSA) is 23.6 Å². The van der Waals surface area contributed by atoms with Crippen LogP contribution in [0, 0.1) is 5.92 Å². The highest BCUT2D eigenvalue weighted by Crippen LogP contribution is 2.33. The van der Waals surface area contributed by atoms with Crippen molar-refractivity contribution >= 4 is 49.1 Å². The third-order valence-electron chi connectivity index (χ3n) is 3.31. The van der Waals surface area contributed by atoms with Crippen molar-refractivity contribution < 1.29 is 4.79 Å². The van der Waals surface area contributed by atoms with E-state index in [1.165, 1.54) is 11.3 Å². The molecule has 0 aliphatic carbocycles. The molecule has 0 N–H and O–H groups in total. The van der Waals surface area contributed by atoms with Gasteiger partial charge in [0.05, 0.1) is 8.66 Å². The Balaban J connectivity index is 2.78. The summed E-state index contributed by atoms with van der Waals surface area (Å²) in [5.74, 6) is 0.602. The third-order valence-corrected chi connectivity index (χ3v) is 6.55. The van der Waals surface area contributed by atoms with Crippen LogP contribution in [-0.2, 0) is 0 Å². The van der Waals surface area contributed by atoms with Crippen LogP contribution in [0.2, 0.25) is 0 Å². The molecule has 0 fully saturated rings. The van der Waals surface area contributed by atoms with E-state index in [4.69, 9.17) is 0 Å². The fraction of sp³-hybridized carbons (Fsp3) is 0.667. The summed E-state index contributed by atoms with van der Waals surface area (Å²) in [5.41, 5.74) is 0. The fourth-order valence-corrected chi connectivity index (χ4v) is 4.13. The van der Waals surface area contributed by atoms with Crippen LogP contribution >= 0.6 is 43.2 Å². The minimum atomic E-state index is 0.132. The van der Waals surface area contributed by atoms with Crippen molar-refractivity contribution in [2.75, 3.05) is 32.7 Å². The summed E-state index contributed by atoms with van der Waals surface area (Å²) in [5, 5.41) is 0. The molecule has 0 saturated heterocycles. The second-order valence-electron chi connectivity index (χ2n) is 5.40. The van der Waals surface area contributed by atoms with E-state index in [1.807, 2.05) is 11.0 Å². The van der Waals surface area contributed by atoms with Gasteiger partial charge in [-0.05, 0) is 56.9 Å². The molecule has 0 atom stereocenters. The van der Waals surface area contributed by atoms with Crippen LogP contribution in [0.25, 0.3) is 0 Å². The van der Waals surface area contributed by atoms with Crippen molar-refractivity contribution in [3.05, 3.63) is 19.2 Å². The van der Waals surface area contributed by atoms with E-state index in [1.54, 1.807) is 0 Å². The number of hydrogen-bond acceptors (Lipinski definition) is 3. The summed E-state index contributed by atoms with van der Waals surface area (Å²) in [6.07, 6.45) is 0. The molecule has 1 aromatic rings. The van der Waals surface area contributed by atoms with Gasteiger partial charge in [0.15, 0.2) is 0 Å². The highest BCUT2D eigenvalue weighted by atomic mass is 79.9. The third kappa shape index (κ3) is 6.00. The lowest BCUT2D eigenvalue weighted by Crippen LogP contribution is -2.40. The van der Waals surface area contributed by atoms with E-state index in [0.29, 0.717) is 5.92 Å². The van der Waals surface area contributed by atoms with Gasteiger partial charge < -0.3 is 9.80 Å². The molecule has 3 nitrogen and oxygen atoms in total. The standard InChI is InChI=1S/C15H24Br2N2OS/c1-5-18(6-2)7-8-19(10-11(3)4)15(20)13-9-12(16)14(17)21-13/h9,11H,5-8,10H2,1-4H3. The molecule has 0 saturated carbocycles. The first kappa shape index (κ1) is 19.1. The number of carbonyl (C=O) groups is 1. The van der Waals surface area contributed by atoms with Crippen LogP contribution < -0.4 is 0 Å². The van der Waals surface area contributed by atoms with Crippen LogP contribution in [-0.4, -0.2) is 48.4 Å². The molecule has 120 valence electrons. The molecule has 0 bridgehead atoms. The Hall–Kier alpha value is 0.0900. The van der Waals surface area contributed by atoms with E-state index in [0.717, 1.165) is 45.9 Å². The maximum Gasteiger partial charge on any atom is 0.264 e. The van der Waals surface area contributed by atoms with E-state index < -0.39 is 0 Å². The van der Waals surface area contributed by atoms with Gasteiger partial charge in [-0.25, -0.2) is 0 Å².